The van der Waals surface area contributed by atoms with Gasteiger partial charge in [0.1, 0.15) is 17.5 Å². The maximum atomic E-state index is 13.9. The third kappa shape index (κ3) is 9.36. The van der Waals surface area contributed by atoms with Crippen LogP contribution in [-0.2, 0) is 24.6 Å². The largest absolute Gasteiger partial charge is 0.471 e. The summed E-state index contributed by atoms with van der Waals surface area (Å²) in [6.07, 6.45) is -19.4. The van der Waals surface area contributed by atoms with Gasteiger partial charge in [0, 0.05) is 19.6 Å². The maximum absolute atomic E-state index is 13.9. The van der Waals surface area contributed by atoms with Crippen LogP contribution in [-0.4, -0.2) is 57.8 Å². The molecule has 0 spiro atoms. The normalized spacial score (nSPS) is 17.4. The van der Waals surface area contributed by atoms with Crippen molar-refractivity contribution in [3.8, 4) is 5.88 Å². The molecule has 3 aromatic rings. The molecule has 2 amide bonds. The van der Waals surface area contributed by atoms with E-state index < -0.39 is 91.0 Å². The number of carbonyl (C=O) groups excluding carboxylic acids is 2. The van der Waals surface area contributed by atoms with Gasteiger partial charge in [0.05, 0.1) is 17.2 Å². The standard InChI is InChI=1S/C28H27F11N6O3/c1-45-22-19(9-16(24(44-22)48-12-20(29)30)23(47)41-15-5-3-14(4-6-15)27(34,35)36)43-25(45)42-18-8-13(2-7-17(18)28(37,38)39)11-40-21(46)10-26(31,32)33/h2,7-9,14-15,20H,3-6,10-12H2,1H3,(H,40,46)(H,41,47)(H,42,43)/t14-,15-. The highest BCUT2D eigenvalue weighted by molar-refractivity contribution is 5.99. The molecule has 1 aliphatic rings. The fourth-order valence-electron chi connectivity index (χ4n) is 5.07. The number of fused-ring (bicyclic) bond motifs is 1. The highest BCUT2D eigenvalue weighted by atomic mass is 19.4. The molecule has 4 rings (SSSR count). The molecule has 0 saturated heterocycles. The number of nitrogens with zero attached hydrogens (tertiary/aromatic N) is 3. The van der Waals surface area contributed by atoms with Gasteiger partial charge < -0.3 is 20.7 Å². The van der Waals surface area contributed by atoms with E-state index in [0.29, 0.717) is 6.07 Å². The molecule has 1 fully saturated rings. The molecule has 0 radical (unpaired) electrons. The number of ether oxygens (including phenoxy) is 1. The Morgan fingerprint density at radius 1 is 0.979 bits per heavy atom. The van der Waals surface area contributed by atoms with Crippen molar-refractivity contribution in [2.45, 2.75) is 69.6 Å². The zero-order valence-electron chi connectivity index (χ0n) is 24.7. The van der Waals surface area contributed by atoms with Gasteiger partial charge in [0.2, 0.25) is 17.7 Å². The number of anilines is 2. The second-order valence-corrected chi connectivity index (χ2v) is 11.0. The minimum absolute atomic E-state index is 0.0103. The lowest BCUT2D eigenvalue weighted by atomic mass is 9.85. The van der Waals surface area contributed by atoms with E-state index in [4.69, 9.17) is 4.74 Å². The Labute approximate surface area is 264 Å². The third-order valence-corrected chi connectivity index (χ3v) is 7.41. The summed E-state index contributed by atoms with van der Waals surface area (Å²) in [4.78, 5) is 32.9. The van der Waals surface area contributed by atoms with Crippen molar-refractivity contribution in [1.82, 2.24) is 25.2 Å². The molecule has 0 aliphatic heterocycles. The van der Waals surface area contributed by atoms with Crippen molar-refractivity contribution in [2.75, 3.05) is 11.9 Å². The second kappa shape index (κ2) is 14.0. The highest BCUT2D eigenvalue weighted by Crippen LogP contribution is 2.39. The summed E-state index contributed by atoms with van der Waals surface area (Å²) in [5.74, 6) is -4.74. The molecule has 2 heterocycles. The van der Waals surface area contributed by atoms with Crippen molar-refractivity contribution in [3.63, 3.8) is 0 Å². The van der Waals surface area contributed by atoms with E-state index in [1.807, 2.05) is 5.32 Å². The van der Waals surface area contributed by atoms with Gasteiger partial charge in [-0.25, -0.2) is 13.8 Å². The predicted octanol–water partition coefficient (Wildman–Crippen LogP) is 6.79. The summed E-state index contributed by atoms with van der Waals surface area (Å²) in [5.41, 5.74) is -2.49. The maximum Gasteiger partial charge on any atom is 0.418 e. The molecule has 1 aromatic carbocycles. The molecular weight excluding hydrogens is 677 g/mol. The van der Waals surface area contributed by atoms with Crippen molar-refractivity contribution < 1.29 is 62.6 Å². The topological polar surface area (TPSA) is 110 Å². The smallest absolute Gasteiger partial charge is 0.418 e. The number of nitrogens with one attached hydrogen (secondary N) is 3. The van der Waals surface area contributed by atoms with E-state index >= 15 is 0 Å². The summed E-state index contributed by atoms with van der Waals surface area (Å²) < 4.78 is 150. The van der Waals surface area contributed by atoms with Crippen LogP contribution in [0.2, 0.25) is 0 Å². The summed E-state index contributed by atoms with van der Waals surface area (Å²) in [7, 11) is 1.29. The number of pyridine rings is 1. The molecule has 3 N–H and O–H groups in total. The quantitative estimate of drug-likeness (QED) is 0.201. The fourth-order valence-corrected chi connectivity index (χ4v) is 5.07. The van der Waals surface area contributed by atoms with E-state index in [2.05, 4.69) is 20.6 Å². The van der Waals surface area contributed by atoms with Gasteiger partial charge in [0.15, 0.2) is 12.3 Å². The van der Waals surface area contributed by atoms with E-state index in [1.165, 1.54) is 7.05 Å². The van der Waals surface area contributed by atoms with Crippen molar-refractivity contribution in [2.24, 2.45) is 13.0 Å². The molecule has 48 heavy (non-hydrogen) atoms. The van der Waals surface area contributed by atoms with Gasteiger partial charge in [0.25, 0.3) is 12.3 Å². The monoisotopic (exact) mass is 704 g/mol. The molecule has 0 atom stereocenters. The van der Waals surface area contributed by atoms with E-state index in [9.17, 15) is 57.9 Å². The molecule has 1 saturated carbocycles. The van der Waals surface area contributed by atoms with Crippen LogP contribution < -0.4 is 20.7 Å². The molecule has 0 bridgehead atoms. The number of rotatable bonds is 10. The Kier molecular flexibility index (Phi) is 10.6. The lowest BCUT2D eigenvalue weighted by Gasteiger charge is -2.30. The molecule has 0 unspecified atom stereocenters. The average molecular weight is 705 g/mol. The minimum atomic E-state index is -4.93. The SMILES string of the molecule is Cn1c(Nc2cc(CNC(=O)CC(F)(F)F)ccc2C(F)(F)F)nc2cc(C(=O)N[C@H]3CC[C@H](C(F)(F)F)CC3)c(OCC(F)F)nc21. The molecule has 264 valence electrons. The first-order valence-electron chi connectivity index (χ1n) is 14.2. The summed E-state index contributed by atoms with van der Waals surface area (Å²) in [6, 6.07) is 2.90. The second-order valence-electron chi connectivity index (χ2n) is 11.0. The molecule has 1 aliphatic carbocycles. The van der Waals surface area contributed by atoms with Gasteiger partial charge in [-0.1, -0.05) is 6.07 Å². The molecular formula is C28H27F11N6O3. The number of alkyl halides is 11. The Balaban J connectivity index is 1.63. The van der Waals surface area contributed by atoms with E-state index in [0.717, 1.165) is 22.8 Å². The molecule has 20 heteroatoms. The fraction of sp³-hybridized carbons (Fsp3) is 0.500. The van der Waals surface area contributed by atoms with Gasteiger partial charge in [-0.2, -0.15) is 44.5 Å². The van der Waals surface area contributed by atoms with Crippen molar-refractivity contribution in [1.29, 1.82) is 0 Å². The van der Waals surface area contributed by atoms with Gasteiger partial charge in [-0.15, -0.1) is 0 Å². The number of imidazole rings is 1. The number of hydrogen-bond donors (Lipinski definition) is 3. The van der Waals surface area contributed by atoms with E-state index in [-0.39, 0.29) is 48.4 Å². The lowest BCUT2D eigenvalue weighted by molar-refractivity contribution is -0.182. The first-order valence-corrected chi connectivity index (χ1v) is 14.2. The summed E-state index contributed by atoms with van der Waals surface area (Å²) >= 11 is 0. The van der Waals surface area contributed by atoms with Crippen molar-refractivity contribution >= 4 is 34.6 Å². The number of halogens is 11. The molecule has 9 nitrogen and oxygen atoms in total. The van der Waals surface area contributed by atoms with Crippen LogP contribution in [0.25, 0.3) is 11.2 Å². The predicted molar refractivity (Wildman–Crippen MR) is 147 cm³/mol. The first kappa shape index (κ1) is 36.4. The van der Waals surface area contributed by atoms with Gasteiger partial charge in [-0.05, 0) is 49.4 Å². The average Bonchev–Trinajstić information content (AvgIpc) is 3.26. The van der Waals surface area contributed by atoms with Crippen LogP contribution in [0.3, 0.4) is 0 Å². The zero-order chi connectivity index (χ0) is 35.6. The summed E-state index contributed by atoms with van der Waals surface area (Å²) in [6.45, 7) is -1.74. The Morgan fingerprint density at radius 3 is 2.23 bits per heavy atom. The molecule has 2 aromatic heterocycles. The van der Waals surface area contributed by atoms with Gasteiger partial charge in [-0.3, -0.25) is 14.2 Å². The van der Waals surface area contributed by atoms with Crippen molar-refractivity contribution in [3.05, 3.63) is 41.0 Å². The first-order chi connectivity index (χ1) is 22.2. The van der Waals surface area contributed by atoms with E-state index in [1.54, 1.807) is 0 Å². The number of amides is 2. The number of benzene rings is 1. The van der Waals surface area contributed by atoms with Crippen LogP contribution in [0.1, 0.15) is 53.6 Å². The number of aryl methyl sites for hydroxylation is 1. The minimum Gasteiger partial charge on any atom is -0.471 e. The Hall–Kier alpha value is -4.39. The van der Waals surface area contributed by atoms with Crippen LogP contribution in [0.15, 0.2) is 24.3 Å². The number of aromatic nitrogens is 3. The van der Waals surface area contributed by atoms with Crippen LogP contribution in [0.4, 0.5) is 59.9 Å². The van der Waals surface area contributed by atoms with Crippen LogP contribution >= 0.6 is 0 Å². The Bertz CT molecular complexity index is 1630. The number of hydrogen-bond acceptors (Lipinski definition) is 6. The highest BCUT2D eigenvalue weighted by Gasteiger charge is 2.42. The Morgan fingerprint density at radius 2 is 1.65 bits per heavy atom. The lowest BCUT2D eigenvalue weighted by Crippen LogP contribution is -2.40. The number of carbonyl (C=O) groups is 2. The zero-order valence-corrected chi connectivity index (χ0v) is 24.7. The van der Waals surface area contributed by atoms with Crippen LogP contribution in [0, 0.1) is 5.92 Å². The van der Waals surface area contributed by atoms with Gasteiger partial charge >= 0.3 is 18.5 Å². The van der Waals surface area contributed by atoms with Crippen LogP contribution in [0.5, 0.6) is 5.88 Å². The third-order valence-electron chi connectivity index (χ3n) is 7.41. The summed E-state index contributed by atoms with van der Waals surface area (Å²) in [5, 5.41) is 6.96.